The molecule has 2 fully saturated rings. The van der Waals surface area contributed by atoms with Crippen LogP contribution in [0.1, 0.15) is 32.6 Å². The highest BCUT2D eigenvalue weighted by atomic mass is 16.5. The van der Waals surface area contributed by atoms with Crippen LogP contribution in [0.15, 0.2) is 0 Å². The SMILES string of the molecule is CCN1CCOC(CNC2CCCC(N)C2)C1. The monoisotopic (exact) mass is 241 g/mol. The van der Waals surface area contributed by atoms with Crippen molar-refractivity contribution in [2.75, 3.05) is 32.8 Å². The maximum atomic E-state index is 6.00. The summed E-state index contributed by atoms with van der Waals surface area (Å²) in [4.78, 5) is 2.46. The molecule has 4 heteroatoms. The highest BCUT2D eigenvalue weighted by Gasteiger charge is 2.22. The molecule has 1 heterocycles. The Hall–Kier alpha value is -0.160. The number of morpholine rings is 1. The van der Waals surface area contributed by atoms with Gasteiger partial charge in [-0.05, 0) is 25.8 Å². The van der Waals surface area contributed by atoms with Crippen molar-refractivity contribution in [3.63, 3.8) is 0 Å². The van der Waals surface area contributed by atoms with Crippen molar-refractivity contribution in [1.82, 2.24) is 10.2 Å². The van der Waals surface area contributed by atoms with Gasteiger partial charge in [0, 0.05) is 31.7 Å². The van der Waals surface area contributed by atoms with Gasteiger partial charge < -0.3 is 15.8 Å². The smallest absolute Gasteiger partial charge is 0.0826 e. The second kappa shape index (κ2) is 6.69. The third-order valence-corrected chi connectivity index (χ3v) is 4.02. The molecule has 0 bridgehead atoms. The van der Waals surface area contributed by atoms with Crippen LogP contribution in [0.5, 0.6) is 0 Å². The zero-order valence-corrected chi connectivity index (χ0v) is 11.0. The number of nitrogens with one attached hydrogen (secondary N) is 1. The average molecular weight is 241 g/mol. The molecule has 2 rings (SSSR count). The predicted octanol–water partition coefficient (Wildman–Crippen LogP) is 0.567. The Morgan fingerprint density at radius 2 is 2.29 bits per heavy atom. The van der Waals surface area contributed by atoms with Crippen LogP contribution in [0.25, 0.3) is 0 Å². The Morgan fingerprint density at radius 1 is 1.41 bits per heavy atom. The molecule has 2 aliphatic rings. The number of rotatable bonds is 4. The van der Waals surface area contributed by atoms with Gasteiger partial charge in [0.2, 0.25) is 0 Å². The quantitative estimate of drug-likeness (QED) is 0.755. The normalized spacial score (nSPS) is 36.0. The minimum Gasteiger partial charge on any atom is -0.374 e. The number of hydrogen-bond acceptors (Lipinski definition) is 4. The summed E-state index contributed by atoms with van der Waals surface area (Å²) in [6.45, 7) is 7.37. The summed E-state index contributed by atoms with van der Waals surface area (Å²) in [5.74, 6) is 0. The van der Waals surface area contributed by atoms with Crippen LogP contribution >= 0.6 is 0 Å². The van der Waals surface area contributed by atoms with Gasteiger partial charge >= 0.3 is 0 Å². The van der Waals surface area contributed by atoms with Crippen LogP contribution in [0.3, 0.4) is 0 Å². The molecule has 0 aromatic carbocycles. The molecule has 3 N–H and O–H groups in total. The predicted molar refractivity (Wildman–Crippen MR) is 70.1 cm³/mol. The molecular weight excluding hydrogens is 214 g/mol. The summed E-state index contributed by atoms with van der Waals surface area (Å²) in [5, 5.41) is 3.63. The van der Waals surface area contributed by atoms with E-state index < -0.39 is 0 Å². The molecule has 4 nitrogen and oxygen atoms in total. The third kappa shape index (κ3) is 4.21. The highest BCUT2D eigenvalue weighted by molar-refractivity contribution is 4.82. The van der Waals surface area contributed by atoms with Gasteiger partial charge in [0.15, 0.2) is 0 Å². The lowest BCUT2D eigenvalue weighted by Gasteiger charge is -2.34. The maximum Gasteiger partial charge on any atom is 0.0826 e. The van der Waals surface area contributed by atoms with Crippen molar-refractivity contribution in [1.29, 1.82) is 0 Å². The Balaban J connectivity index is 1.66. The van der Waals surface area contributed by atoms with E-state index in [4.69, 9.17) is 10.5 Å². The average Bonchev–Trinajstić information content (AvgIpc) is 2.37. The van der Waals surface area contributed by atoms with E-state index >= 15 is 0 Å². The van der Waals surface area contributed by atoms with E-state index in [2.05, 4.69) is 17.1 Å². The lowest BCUT2D eigenvalue weighted by Crippen LogP contribution is -2.49. The summed E-state index contributed by atoms with van der Waals surface area (Å²) < 4.78 is 5.79. The van der Waals surface area contributed by atoms with E-state index in [1.54, 1.807) is 0 Å². The van der Waals surface area contributed by atoms with Crippen LogP contribution < -0.4 is 11.1 Å². The zero-order chi connectivity index (χ0) is 12.1. The first-order valence-electron chi connectivity index (χ1n) is 7.11. The second-order valence-corrected chi connectivity index (χ2v) is 5.42. The topological polar surface area (TPSA) is 50.5 Å². The largest absolute Gasteiger partial charge is 0.374 e. The minimum absolute atomic E-state index is 0.363. The van der Waals surface area contributed by atoms with Crippen LogP contribution in [0, 0.1) is 0 Å². The van der Waals surface area contributed by atoms with E-state index in [9.17, 15) is 0 Å². The van der Waals surface area contributed by atoms with Crippen molar-refractivity contribution >= 4 is 0 Å². The van der Waals surface area contributed by atoms with Crippen molar-refractivity contribution in [3.8, 4) is 0 Å². The number of hydrogen-bond donors (Lipinski definition) is 2. The van der Waals surface area contributed by atoms with E-state index in [-0.39, 0.29) is 0 Å². The minimum atomic E-state index is 0.363. The lowest BCUT2D eigenvalue weighted by atomic mass is 9.91. The van der Waals surface area contributed by atoms with Crippen LogP contribution in [0.4, 0.5) is 0 Å². The highest BCUT2D eigenvalue weighted by Crippen LogP contribution is 2.17. The lowest BCUT2D eigenvalue weighted by molar-refractivity contribution is -0.0268. The first-order valence-corrected chi connectivity index (χ1v) is 7.11. The first kappa shape index (κ1) is 13.3. The Kier molecular flexibility index (Phi) is 5.22. The molecule has 0 aromatic heterocycles. The van der Waals surface area contributed by atoms with Gasteiger partial charge in [-0.1, -0.05) is 13.3 Å². The molecule has 3 atom stereocenters. The van der Waals surface area contributed by atoms with E-state index in [1.807, 2.05) is 0 Å². The maximum absolute atomic E-state index is 6.00. The van der Waals surface area contributed by atoms with E-state index in [0.29, 0.717) is 18.2 Å². The van der Waals surface area contributed by atoms with Gasteiger partial charge in [-0.25, -0.2) is 0 Å². The standard InChI is InChI=1S/C13H27N3O/c1-2-16-6-7-17-13(10-16)9-15-12-5-3-4-11(14)8-12/h11-13,15H,2-10,14H2,1H3. The summed E-state index contributed by atoms with van der Waals surface area (Å²) in [6.07, 6.45) is 5.23. The number of nitrogens with two attached hydrogens (primary N) is 1. The Bertz CT molecular complexity index is 225. The summed E-state index contributed by atoms with van der Waals surface area (Å²) >= 11 is 0. The molecule has 1 saturated heterocycles. The number of likely N-dealkylation sites (N-methyl/N-ethyl adjacent to an activating group) is 1. The molecule has 3 unspecified atom stereocenters. The molecule has 0 radical (unpaired) electrons. The van der Waals surface area contributed by atoms with Crippen molar-refractivity contribution < 1.29 is 4.74 Å². The van der Waals surface area contributed by atoms with Gasteiger partial charge in [0.05, 0.1) is 12.7 Å². The number of nitrogens with zero attached hydrogens (tertiary/aromatic N) is 1. The second-order valence-electron chi connectivity index (χ2n) is 5.42. The Morgan fingerprint density at radius 3 is 3.06 bits per heavy atom. The van der Waals surface area contributed by atoms with Gasteiger partial charge in [0.25, 0.3) is 0 Å². The third-order valence-electron chi connectivity index (χ3n) is 4.02. The Labute approximate surface area is 105 Å². The van der Waals surface area contributed by atoms with E-state index in [0.717, 1.165) is 39.2 Å². The van der Waals surface area contributed by atoms with Gasteiger partial charge in [-0.3, -0.25) is 4.90 Å². The summed E-state index contributed by atoms with van der Waals surface area (Å²) in [5.41, 5.74) is 6.00. The van der Waals surface area contributed by atoms with Crippen LogP contribution in [-0.4, -0.2) is 55.9 Å². The van der Waals surface area contributed by atoms with E-state index in [1.165, 1.54) is 19.3 Å². The zero-order valence-electron chi connectivity index (χ0n) is 11.0. The summed E-state index contributed by atoms with van der Waals surface area (Å²) in [7, 11) is 0. The molecule has 0 amide bonds. The van der Waals surface area contributed by atoms with Crippen molar-refractivity contribution in [3.05, 3.63) is 0 Å². The van der Waals surface area contributed by atoms with Gasteiger partial charge in [-0.15, -0.1) is 0 Å². The molecule has 1 aliphatic carbocycles. The molecule has 0 spiro atoms. The fourth-order valence-corrected chi connectivity index (χ4v) is 2.90. The van der Waals surface area contributed by atoms with Gasteiger partial charge in [0.1, 0.15) is 0 Å². The molecule has 17 heavy (non-hydrogen) atoms. The molecule has 0 aromatic rings. The fraction of sp³-hybridized carbons (Fsp3) is 1.00. The van der Waals surface area contributed by atoms with Crippen molar-refractivity contribution in [2.24, 2.45) is 5.73 Å². The summed E-state index contributed by atoms with van der Waals surface area (Å²) in [6, 6.07) is 1.01. The van der Waals surface area contributed by atoms with Gasteiger partial charge in [-0.2, -0.15) is 0 Å². The molecule has 1 saturated carbocycles. The fourth-order valence-electron chi connectivity index (χ4n) is 2.90. The van der Waals surface area contributed by atoms with Crippen molar-refractivity contribution in [2.45, 2.75) is 50.8 Å². The number of ether oxygens (including phenoxy) is 1. The molecule has 100 valence electrons. The van der Waals surface area contributed by atoms with Crippen LogP contribution in [0.2, 0.25) is 0 Å². The molecule has 1 aliphatic heterocycles. The molecular formula is C13H27N3O. The van der Waals surface area contributed by atoms with Crippen LogP contribution in [-0.2, 0) is 4.74 Å². The first-order chi connectivity index (χ1) is 8.28.